The summed E-state index contributed by atoms with van der Waals surface area (Å²) in [7, 11) is 0. The Morgan fingerprint density at radius 2 is 1.11 bits per heavy atom. The van der Waals surface area contributed by atoms with Gasteiger partial charge in [-0.25, -0.2) is 0 Å². The average molecular weight is 243 g/mol. The third-order valence-electron chi connectivity index (χ3n) is 2.22. The van der Waals surface area contributed by atoms with Crippen molar-refractivity contribution in [1.29, 1.82) is 0 Å². The molecule has 2 nitrogen and oxygen atoms in total. The highest BCUT2D eigenvalue weighted by Crippen LogP contribution is 2.05. The highest BCUT2D eigenvalue weighted by atomic mass is 16.5. The molecule has 0 aliphatic heterocycles. The number of hydrogen-bond donors (Lipinski definition) is 1. The van der Waals surface area contributed by atoms with E-state index in [9.17, 15) is 0 Å². The highest BCUT2D eigenvalue weighted by molar-refractivity contribution is 5.15. The topological polar surface area (TPSA) is 35.2 Å². The zero-order valence-corrected chi connectivity index (χ0v) is 10.9. The summed E-state index contributed by atoms with van der Waals surface area (Å²) in [6.07, 6.45) is 0. The van der Waals surface area contributed by atoms with Gasteiger partial charge in [-0.1, -0.05) is 67.6 Å². The van der Waals surface area contributed by atoms with Crippen LogP contribution in [0.2, 0.25) is 0 Å². The van der Waals surface area contributed by atoms with E-state index in [-0.39, 0.29) is 0 Å². The van der Waals surface area contributed by atoms with Crippen LogP contribution in [0.25, 0.3) is 0 Å². The monoisotopic (exact) mass is 243 g/mol. The Bertz CT molecular complexity index is 360. The van der Waals surface area contributed by atoms with Crippen LogP contribution in [0.4, 0.5) is 0 Å². The second-order valence-electron chi connectivity index (χ2n) is 3.87. The third kappa shape index (κ3) is 6.18. The van der Waals surface area contributed by atoms with Gasteiger partial charge in [0.15, 0.2) is 0 Å². The van der Waals surface area contributed by atoms with Crippen LogP contribution in [0.15, 0.2) is 60.7 Å². The molecule has 0 radical (unpaired) electrons. The van der Waals surface area contributed by atoms with Crippen LogP contribution >= 0.6 is 0 Å². The molecular weight excluding hydrogens is 222 g/mol. The third-order valence-corrected chi connectivity index (χ3v) is 2.22. The van der Waals surface area contributed by atoms with Crippen LogP contribution in [-0.2, 0) is 18.0 Å². The van der Waals surface area contributed by atoms with Crippen molar-refractivity contribution >= 4 is 0 Å². The number of ether oxygens (including phenoxy) is 1. The predicted octanol–water partition coefficient (Wildman–Crippen LogP) is 3.37. The number of benzene rings is 2. The fourth-order valence-electron chi connectivity index (χ4n) is 1.44. The van der Waals surface area contributed by atoms with E-state index in [0.717, 1.165) is 6.54 Å². The van der Waals surface area contributed by atoms with Crippen molar-refractivity contribution < 1.29 is 4.74 Å². The zero-order valence-electron chi connectivity index (χ0n) is 10.9. The Kier molecular flexibility index (Phi) is 7.53. The van der Waals surface area contributed by atoms with Crippen LogP contribution in [0.3, 0.4) is 0 Å². The highest BCUT2D eigenvalue weighted by Gasteiger charge is 1.93. The van der Waals surface area contributed by atoms with Gasteiger partial charge in [0.25, 0.3) is 0 Å². The minimum atomic E-state index is 0.676. The van der Waals surface area contributed by atoms with E-state index in [1.807, 2.05) is 43.3 Å². The van der Waals surface area contributed by atoms with Crippen LogP contribution in [0, 0.1) is 0 Å². The lowest BCUT2D eigenvalue weighted by Crippen LogP contribution is -1.93. The lowest BCUT2D eigenvalue weighted by atomic mass is 10.2. The number of rotatable bonds is 4. The molecule has 0 saturated carbocycles. The molecule has 96 valence electrons. The van der Waals surface area contributed by atoms with Crippen LogP contribution in [0.1, 0.15) is 18.1 Å². The predicted molar refractivity (Wildman–Crippen MR) is 76.1 cm³/mol. The van der Waals surface area contributed by atoms with E-state index < -0.39 is 0 Å². The Morgan fingerprint density at radius 3 is 1.44 bits per heavy atom. The molecule has 0 amide bonds. The summed E-state index contributed by atoms with van der Waals surface area (Å²) in [5.41, 5.74) is 7.28. The lowest BCUT2D eigenvalue weighted by molar-refractivity contribution is 0.107. The maximum Gasteiger partial charge on any atom is 0.0721 e. The van der Waals surface area contributed by atoms with Gasteiger partial charge in [-0.3, -0.25) is 0 Å². The molecule has 2 aromatic carbocycles. The van der Waals surface area contributed by atoms with Gasteiger partial charge >= 0.3 is 0 Å². The Balaban J connectivity index is 0.000000492. The second-order valence-corrected chi connectivity index (χ2v) is 3.87. The van der Waals surface area contributed by atoms with E-state index >= 15 is 0 Å². The van der Waals surface area contributed by atoms with Gasteiger partial charge in [0.2, 0.25) is 0 Å². The first-order chi connectivity index (χ1) is 8.86. The fourth-order valence-corrected chi connectivity index (χ4v) is 1.44. The Labute approximate surface area is 109 Å². The van der Waals surface area contributed by atoms with Crippen molar-refractivity contribution in [1.82, 2.24) is 0 Å². The summed E-state index contributed by atoms with van der Waals surface area (Å²) in [5, 5.41) is 0. The van der Waals surface area contributed by atoms with Crippen LogP contribution in [0.5, 0.6) is 0 Å². The Morgan fingerprint density at radius 1 is 0.778 bits per heavy atom. The summed E-state index contributed by atoms with van der Waals surface area (Å²) >= 11 is 0. The van der Waals surface area contributed by atoms with Gasteiger partial charge in [-0.2, -0.15) is 0 Å². The second kappa shape index (κ2) is 9.40. The van der Waals surface area contributed by atoms with E-state index in [1.54, 1.807) is 0 Å². The van der Waals surface area contributed by atoms with Gasteiger partial charge < -0.3 is 10.5 Å². The van der Waals surface area contributed by atoms with E-state index in [2.05, 4.69) is 24.3 Å². The molecule has 0 aromatic heterocycles. The molecule has 0 aliphatic carbocycles. The van der Waals surface area contributed by atoms with Gasteiger partial charge in [0.1, 0.15) is 0 Å². The summed E-state index contributed by atoms with van der Waals surface area (Å²) < 4.78 is 5.61. The Hall–Kier alpha value is -1.64. The molecule has 2 rings (SSSR count). The molecule has 0 saturated heterocycles. The molecule has 0 heterocycles. The number of hydrogen-bond acceptors (Lipinski definition) is 2. The van der Waals surface area contributed by atoms with Crippen molar-refractivity contribution in [3.63, 3.8) is 0 Å². The van der Waals surface area contributed by atoms with Crippen molar-refractivity contribution in [2.75, 3.05) is 6.54 Å². The number of nitrogens with two attached hydrogens (primary N) is 1. The van der Waals surface area contributed by atoms with Gasteiger partial charge in [0, 0.05) is 0 Å². The maximum absolute atomic E-state index is 5.61. The molecule has 2 heteroatoms. The molecule has 0 fully saturated rings. The van der Waals surface area contributed by atoms with E-state index in [4.69, 9.17) is 10.5 Å². The molecule has 0 atom stereocenters. The first-order valence-electron chi connectivity index (χ1n) is 6.22. The normalized spacial score (nSPS) is 9.44. The first-order valence-corrected chi connectivity index (χ1v) is 6.22. The zero-order chi connectivity index (χ0) is 13.1. The minimum absolute atomic E-state index is 0.676. The maximum atomic E-state index is 5.61. The summed E-state index contributed by atoms with van der Waals surface area (Å²) in [4.78, 5) is 0. The lowest BCUT2D eigenvalue weighted by Gasteiger charge is -2.03. The molecule has 18 heavy (non-hydrogen) atoms. The SMILES string of the molecule is CCN.c1ccc(COCc2ccccc2)cc1. The van der Waals surface area contributed by atoms with E-state index in [0.29, 0.717) is 13.2 Å². The first kappa shape index (κ1) is 14.4. The van der Waals surface area contributed by atoms with Crippen molar-refractivity contribution in [3.05, 3.63) is 71.8 Å². The summed E-state index contributed by atoms with van der Waals surface area (Å²) in [6, 6.07) is 20.4. The van der Waals surface area contributed by atoms with Gasteiger partial charge in [-0.05, 0) is 17.7 Å². The van der Waals surface area contributed by atoms with Crippen molar-refractivity contribution in [2.45, 2.75) is 20.1 Å². The smallest absolute Gasteiger partial charge is 0.0721 e. The molecular formula is C16H21NO. The molecule has 2 aromatic rings. The van der Waals surface area contributed by atoms with Crippen molar-refractivity contribution in [2.24, 2.45) is 5.73 Å². The standard InChI is InChI=1S/C14H14O.C2H7N/c1-3-7-13(8-4-1)11-15-12-14-9-5-2-6-10-14;1-2-3/h1-10H,11-12H2;2-3H2,1H3. The van der Waals surface area contributed by atoms with Crippen LogP contribution in [-0.4, -0.2) is 6.54 Å². The van der Waals surface area contributed by atoms with E-state index in [1.165, 1.54) is 11.1 Å². The molecule has 0 unspecified atom stereocenters. The molecule has 0 aliphatic rings. The summed E-state index contributed by atoms with van der Waals surface area (Å²) in [6.45, 7) is 4.01. The molecule has 0 bridgehead atoms. The largest absolute Gasteiger partial charge is 0.372 e. The fraction of sp³-hybridized carbons (Fsp3) is 0.250. The van der Waals surface area contributed by atoms with Crippen molar-refractivity contribution in [3.8, 4) is 0 Å². The minimum Gasteiger partial charge on any atom is -0.372 e. The average Bonchev–Trinajstić information content (AvgIpc) is 2.42. The molecule has 0 spiro atoms. The quantitative estimate of drug-likeness (QED) is 0.893. The summed E-state index contributed by atoms with van der Waals surface area (Å²) in [5.74, 6) is 0. The van der Waals surface area contributed by atoms with Crippen LogP contribution < -0.4 is 5.73 Å². The molecule has 2 N–H and O–H groups in total. The van der Waals surface area contributed by atoms with Gasteiger partial charge in [0.05, 0.1) is 13.2 Å². The van der Waals surface area contributed by atoms with Gasteiger partial charge in [-0.15, -0.1) is 0 Å².